The molecule has 0 fully saturated rings. The maximum Gasteiger partial charge on any atom is 0.306 e. The average molecular weight is 556 g/mol. The highest BCUT2D eigenvalue weighted by Crippen LogP contribution is 2.13. The highest BCUT2D eigenvalue weighted by atomic mass is 16.6. The smallest absolute Gasteiger partial charge is 0.306 e. The normalized spacial score (nSPS) is 11.8. The van der Waals surface area contributed by atoms with Gasteiger partial charge in [0.2, 0.25) is 5.91 Å². The van der Waals surface area contributed by atoms with Crippen LogP contribution in [0.2, 0.25) is 0 Å². The van der Waals surface area contributed by atoms with Crippen LogP contribution in [-0.2, 0) is 23.9 Å². The van der Waals surface area contributed by atoms with E-state index in [2.05, 4.69) is 12.2 Å². The molecular formula is C32H61NO6. The third-order valence-electron chi connectivity index (χ3n) is 7.10. The minimum Gasteiger partial charge on any atom is -0.462 e. The van der Waals surface area contributed by atoms with Gasteiger partial charge in [0.15, 0.2) is 6.10 Å². The van der Waals surface area contributed by atoms with Crippen molar-refractivity contribution in [1.82, 2.24) is 5.32 Å². The fraction of sp³-hybridized carbons (Fsp3) is 0.906. The lowest BCUT2D eigenvalue weighted by molar-refractivity contribution is -0.161. The number of hydrogen-bond acceptors (Lipinski definition) is 6. The van der Waals surface area contributed by atoms with E-state index in [4.69, 9.17) is 9.47 Å². The van der Waals surface area contributed by atoms with E-state index in [1.165, 1.54) is 89.9 Å². The first-order valence-electron chi connectivity index (χ1n) is 16.2. The Morgan fingerprint density at radius 2 is 1.03 bits per heavy atom. The monoisotopic (exact) mass is 555 g/mol. The standard InChI is InChI=1S/C32H61NO6/c1-3-4-5-6-7-8-12-16-19-22-25-32(37)39-30(27-34)28-38-31(36)24-21-18-15-13-10-9-11-14-17-20-23-26-33-29(2)35/h30,34H,3-28H2,1-2H3,(H,33,35)/t30-/m0/s1. The quantitative estimate of drug-likeness (QED) is 0.0729. The van der Waals surface area contributed by atoms with Crippen molar-refractivity contribution in [1.29, 1.82) is 0 Å². The molecule has 230 valence electrons. The third kappa shape index (κ3) is 29.2. The Balaban J connectivity index is 3.53. The van der Waals surface area contributed by atoms with E-state index >= 15 is 0 Å². The number of rotatable bonds is 29. The van der Waals surface area contributed by atoms with Crippen LogP contribution in [-0.4, -0.2) is 48.8 Å². The maximum atomic E-state index is 12.0. The molecule has 7 nitrogen and oxygen atoms in total. The zero-order valence-electron chi connectivity index (χ0n) is 25.5. The van der Waals surface area contributed by atoms with Crippen LogP contribution in [0.1, 0.15) is 162 Å². The molecular weight excluding hydrogens is 494 g/mol. The van der Waals surface area contributed by atoms with Crippen molar-refractivity contribution in [3.63, 3.8) is 0 Å². The van der Waals surface area contributed by atoms with Crippen molar-refractivity contribution in [2.75, 3.05) is 19.8 Å². The Morgan fingerprint density at radius 1 is 0.615 bits per heavy atom. The van der Waals surface area contributed by atoms with Crippen LogP contribution in [0.15, 0.2) is 0 Å². The molecule has 7 heteroatoms. The molecule has 0 unspecified atom stereocenters. The summed E-state index contributed by atoms with van der Waals surface area (Å²) in [6.45, 7) is 4.16. The van der Waals surface area contributed by atoms with Crippen molar-refractivity contribution in [2.24, 2.45) is 0 Å². The summed E-state index contributed by atoms with van der Waals surface area (Å²) in [5.74, 6) is -0.570. The Hall–Kier alpha value is -1.63. The van der Waals surface area contributed by atoms with Crippen LogP contribution in [0.5, 0.6) is 0 Å². The van der Waals surface area contributed by atoms with Crippen molar-refractivity contribution >= 4 is 17.8 Å². The van der Waals surface area contributed by atoms with Crippen LogP contribution < -0.4 is 5.32 Å². The SMILES string of the molecule is CCCCCCCCCCCCC(=O)O[C@@H](CO)COC(=O)CCCCCCCCCCCCCNC(C)=O. The summed E-state index contributed by atoms with van der Waals surface area (Å²) in [6.07, 6.45) is 24.6. The van der Waals surface area contributed by atoms with E-state index < -0.39 is 6.10 Å². The lowest BCUT2D eigenvalue weighted by Crippen LogP contribution is -2.28. The second-order valence-electron chi connectivity index (χ2n) is 11.0. The molecule has 0 aromatic rings. The zero-order chi connectivity index (χ0) is 28.8. The molecule has 0 rings (SSSR count). The molecule has 0 heterocycles. The highest BCUT2D eigenvalue weighted by Gasteiger charge is 2.16. The number of unbranched alkanes of at least 4 members (excludes halogenated alkanes) is 19. The van der Waals surface area contributed by atoms with E-state index in [1.807, 2.05) is 0 Å². The summed E-state index contributed by atoms with van der Waals surface area (Å²) in [5, 5.41) is 12.3. The van der Waals surface area contributed by atoms with Gasteiger partial charge in [0.1, 0.15) is 6.61 Å². The first-order valence-corrected chi connectivity index (χ1v) is 16.2. The molecule has 0 spiro atoms. The third-order valence-corrected chi connectivity index (χ3v) is 7.10. The molecule has 1 atom stereocenters. The van der Waals surface area contributed by atoms with Gasteiger partial charge >= 0.3 is 11.9 Å². The van der Waals surface area contributed by atoms with Crippen LogP contribution in [0.3, 0.4) is 0 Å². The van der Waals surface area contributed by atoms with Gasteiger partial charge in [-0.15, -0.1) is 0 Å². The molecule has 0 aliphatic rings. The number of aliphatic hydroxyl groups is 1. The molecule has 0 aromatic heterocycles. The summed E-state index contributed by atoms with van der Waals surface area (Å²) >= 11 is 0. The average Bonchev–Trinajstić information content (AvgIpc) is 2.92. The Labute approximate surface area is 239 Å². The van der Waals surface area contributed by atoms with Gasteiger partial charge in [-0.25, -0.2) is 0 Å². The van der Waals surface area contributed by atoms with Crippen molar-refractivity contribution < 1.29 is 29.0 Å². The van der Waals surface area contributed by atoms with Gasteiger partial charge < -0.3 is 19.9 Å². The van der Waals surface area contributed by atoms with Crippen molar-refractivity contribution in [3.8, 4) is 0 Å². The van der Waals surface area contributed by atoms with E-state index in [-0.39, 0.29) is 31.1 Å². The Bertz CT molecular complexity index is 583. The number of carbonyl (C=O) groups is 3. The molecule has 0 saturated heterocycles. The molecule has 0 aliphatic heterocycles. The van der Waals surface area contributed by atoms with Crippen LogP contribution in [0, 0.1) is 0 Å². The number of nitrogens with one attached hydrogen (secondary N) is 1. The van der Waals surface area contributed by atoms with Crippen LogP contribution in [0.4, 0.5) is 0 Å². The van der Waals surface area contributed by atoms with Gasteiger partial charge in [-0.05, 0) is 19.3 Å². The first kappa shape index (κ1) is 37.4. The van der Waals surface area contributed by atoms with Gasteiger partial charge in [0, 0.05) is 26.3 Å². The molecule has 0 aliphatic carbocycles. The summed E-state index contributed by atoms with van der Waals surface area (Å²) in [6, 6.07) is 0. The van der Waals surface area contributed by atoms with Crippen molar-refractivity contribution in [3.05, 3.63) is 0 Å². The lowest BCUT2D eigenvalue weighted by atomic mass is 10.1. The summed E-state index contributed by atoms with van der Waals surface area (Å²) in [7, 11) is 0. The number of hydrogen-bond donors (Lipinski definition) is 2. The Morgan fingerprint density at radius 3 is 1.46 bits per heavy atom. The van der Waals surface area contributed by atoms with Crippen LogP contribution >= 0.6 is 0 Å². The maximum absolute atomic E-state index is 12.0. The van der Waals surface area contributed by atoms with Crippen molar-refractivity contribution in [2.45, 2.75) is 168 Å². The van der Waals surface area contributed by atoms with Gasteiger partial charge in [0.05, 0.1) is 6.61 Å². The second-order valence-corrected chi connectivity index (χ2v) is 11.0. The summed E-state index contributed by atoms with van der Waals surface area (Å²) < 4.78 is 10.5. The highest BCUT2D eigenvalue weighted by molar-refractivity contribution is 5.72. The molecule has 1 amide bonds. The molecule has 0 saturated carbocycles. The predicted molar refractivity (Wildman–Crippen MR) is 158 cm³/mol. The Kier molecular flexibility index (Phi) is 28.1. The van der Waals surface area contributed by atoms with E-state index in [0.29, 0.717) is 12.8 Å². The minimum atomic E-state index is -0.776. The predicted octanol–water partition coefficient (Wildman–Crippen LogP) is 7.56. The molecule has 0 aromatic carbocycles. The number of carbonyl (C=O) groups excluding carboxylic acids is 3. The summed E-state index contributed by atoms with van der Waals surface area (Å²) in [5.41, 5.74) is 0. The number of ether oxygens (including phenoxy) is 2. The number of esters is 2. The largest absolute Gasteiger partial charge is 0.462 e. The number of amides is 1. The fourth-order valence-electron chi connectivity index (χ4n) is 4.63. The van der Waals surface area contributed by atoms with Gasteiger partial charge in [-0.2, -0.15) is 0 Å². The van der Waals surface area contributed by atoms with E-state index in [0.717, 1.165) is 51.5 Å². The minimum absolute atomic E-state index is 0.0507. The lowest BCUT2D eigenvalue weighted by Gasteiger charge is -2.15. The van der Waals surface area contributed by atoms with E-state index in [9.17, 15) is 19.5 Å². The fourth-order valence-corrected chi connectivity index (χ4v) is 4.63. The second kappa shape index (κ2) is 29.4. The molecule has 0 bridgehead atoms. The van der Waals surface area contributed by atoms with Crippen LogP contribution in [0.25, 0.3) is 0 Å². The number of aliphatic hydroxyl groups excluding tert-OH is 1. The van der Waals surface area contributed by atoms with Gasteiger partial charge in [-0.1, -0.05) is 122 Å². The van der Waals surface area contributed by atoms with Gasteiger partial charge in [0.25, 0.3) is 0 Å². The summed E-state index contributed by atoms with van der Waals surface area (Å²) in [4.78, 5) is 34.8. The molecule has 2 N–H and O–H groups in total. The van der Waals surface area contributed by atoms with Gasteiger partial charge in [-0.3, -0.25) is 14.4 Å². The topological polar surface area (TPSA) is 102 Å². The molecule has 39 heavy (non-hydrogen) atoms. The zero-order valence-corrected chi connectivity index (χ0v) is 25.5. The first-order chi connectivity index (χ1) is 19.0. The van der Waals surface area contributed by atoms with E-state index in [1.54, 1.807) is 6.92 Å². The molecule has 0 radical (unpaired) electrons.